The molecule has 0 radical (unpaired) electrons. The molecule has 5 heteroatoms. The van der Waals surface area contributed by atoms with E-state index in [9.17, 15) is 9.90 Å². The lowest BCUT2D eigenvalue weighted by Gasteiger charge is -2.58. The molecule has 152 valence electrons. The van der Waals surface area contributed by atoms with Crippen molar-refractivity contribution in [3.63, 3.8) is 0 Å². The van der Waals surface area contributed by atoms with Crippen LogP contribution in [0.1, 0.15) is 48.8 Å². The Morgan fingerprint density at radius 3 is 2.86 bits per heavy atom. The number of nitrogens with zero attached hydrogens (tertiary/aromatic N) is 1. The van der Waals surface area contributed by atoms with Gasteiger partial charge in [-0.05, 0) is 83.0 Å². The molecule has 1 saturated heterocycles. The number of piperidine rings is 1. The van der Waals surface area contributed by atoms with Gasteiger partial charge in [0, 0.05) is 18.0 Å². The molecule has 1 aliphatic heterocycles. The number of likely N-dealkylation sites (tertiary alicyclic amines) is 1. The summed E-state index contributed by atoms with van der Waals surface area (Å²) in [5, 5.41) is 10.4. The third kappa shape index (κ3) is 3.22. The van der Waals surface area contributed by atoms with E-state index in [2.05, 4.69) is 28.7 Å². The van der Waals surface area contributed by atoms with Gasteiger partial charge in [-0.1, -0.05) is 43.2 Å². The van der Waals surface area contributed by atoms with Gasteiger partial charge in [0.15, 0.2) is 0 Å². The smallest absolute Gasteiger partial charge is 0.410 e. The first-order chi connectivity index (χ1) is 14.1. The summed E-state index contributed by atoms with van der Waals surface area (Å²) in [7, 11) is 0. The summed E-state index contributed by atoms with van der Waals surface area (Å²) in [6, 6.07) is 14.2. The Morgan fingerprint density at radius 2 is 2.03 bits per heavy atom. The van der Waals surface area contributed by atoms with Gasteiger partial charge in [-0.25, -0.2) is 4.79 Å². The van der Waals surface area contributed by atoms with Crippen LogP contribution in [0, 0.1) is 9.49 Å². The molecule has 4 nitrogen and oxygen atoms in total. The van der Waals surface area contributed by atoms with Crippen molar-refractivity contribution in [2.24, 2.45) is 5.92 Å². The summed E-state index contributed by atoms with van der Waals surface area (Å²) in [4.78, 5) is 15.0. The minimum atomic E-state index is -0.185. The first-order valence-corrected chi connectivity index (χ1v) is 11.7. The van der Waals surface area contributed by atoms with Gasteiger partial charge in [0.1, 0.15) is 12.4 Å². The van der Waals surface area contributed by atoms with E-state index in [-0.39, 0.29) is 17.6 Å². The summed E-state index contributed by atoms with van der Waals surface area (Å²) >= 11 is 2.20. The van der Waals surface area contributed by atoms with Crippen molar-refractivity contribution in [1.29, 1.82) is 0 Å². The summed E-state index contributed by atoms with van der Waals surface area (Å²) in [6.45, 7) is 1.06. The Kier molecular flexibility index (Phi) is 4.96. The number of rotatable bonds is 2. The number of fused-ring (bicyclic) bond motifs is 1. The van der Waals surface area contributed by atoms with Gasteiger partial charge in [-0.2, -0.15) is 0 Å². The molecular weight excluding hydrogens is 477 g/mol. The standard InChI is InChI=1S/C24H26INO3/c25-20-12-17-13-21-18-8-4-5-9-24(18,19(17)14-22(20)27)10-11-26(21)23(28)29-15-16-6-2-1-3-7-16/h1-3,6-7,12,14,18,21,27H,4-5,8-11,13,15H2/t18-,21+,24+/m1/s1. The molecule has 2 aromatic carbocycles. The predicted octanol–water partition coefficient (Wildman–Crippen LogP) is 5.39. The normalized spacial score (nSPS) is 27.7. The lowest BCUT2D eigenvalue weighted by molar-refractivity contribution is -0.0137. The maximum absolute atomic E-state index is 13.0. The summed E-state index contributed by atoms with van der Waals surface area (Å²) in [5.41, 5.74) is 3.77. The van der Waals surface area contributed by atoms with Crippen molar-refractivity contribution < 1.29 is 14.6 Å². The number of phenols is 1. The first kappa shape index (κ1) is 19.2. The zero-order valence-electron chi connectivity index (χ0n) is 16.4. The highest BCUT2D eigenvalue weighted by molar-refractivity contribution is 14.1. The molecule has 1 N–H and O–H groups in total. The monoisotopic (exact) mass is 503 g/mol. The van der Waals surface area contributed by atoms with Crippen molar-refractivity contribution in [3.8, 4) is 5.75 Å². The van der Waals surface area contributed by atoms with E-state index in [1.54, 1.807) is 0 Å². The maximum atomic E-state index is 13.0. The van der Waals surface area contributed by atoms with Crippen molar-refractivity contribution in [1.82, 2.24) is 4.90 Å². The van der Waals surface area contributed by atoms with Crippen LogP contribution in [0.2, 0.25) is 0 Å². The van der Waals surface area contributed by atoms with E-state index < -0.39 is 0 Å². The van der Waals surface area contributed by atoms with Crippen LogP contribution in [0.4, 0.5) is 4.79 Å². The Bertz CT molecular complexity index is 931. The topological polar surface area (TPSA) is 49.8 Å². The van der Waals surface area contributed by atoms with E-state index in [4.69, 9.17) is 4.74 Å². The predicted molar refractivity (Wildman–Crippen MR) is 120 cm³/mol. The molecule has 0 spiro atoms. The fourth-order valence-corrected chi connectivity index (χ4v) is 6.58. The molecule has 0 unspecified atom stereocenters. The minimum Gasteiger partial charge on any atom is -0.507 e. The van der Waals surface area contributed by atoms with E-state index in [1.807, 2.05) is 41.3 Å². The third-order valence-corrected chi connectivity index (χ3v) is 8.20. The molecule has 3 aliphatic rings. The maximum Gasteiger partial charge on any atom is 0.410 e. The zero-order chi connectivity index (χ0) is 20.0. The number of halogens is 1. The van der Waals surface area contributed by atoms with Crippen LogP contribution in [0.15, 0.2) is 42.5 Å². The second-order valence-corrected chi connectivity index (χ2v) is 9.89. The first-order valence-electron chi connectivity index (χ1n) is 10.6. The molecule has 1 amide bonds. The molecular formula is C24H26INO3. The molecule has 29 heavy (non-hydrogen) atoms. The van der Waals surface area contributed by atoms with Crippen molar-refractivity contribution in [2.75, 3.05) is 6.54 Å². The third-order valence-electron chi connectivity index (χ3n) is 7.34. The van der Waals surface area contributed by atoms with E-state index in [0.717, 1.165) is 41.4 Å². The number of aromatic hydroxyl groups is 1. The number of ether oxygens (including phenoxy) is 1. The summed E-state index contributed by atoms with van der Waals surface area (Å²) in [6.07, 6.45) is 6.40. The molecule has 1 saturated carbocycles. The number of benzene rings is 2. The van der Waals surface area contributed by atoms with Gasteiger partial charge in [0.2, 0.25) is 0 Å². The van der Waals surface area contributed by atoms with Crippen molar-refractivity contribution in [2.45, 2.75) is 56.6 Å². The van der Waals surface area contributed by atoms with Gasteiger partial charge in [-0.15, -0.1) is 0 Å². The Labute approximate surface area is 185 Å². The van der Waals surface area contributed by atoms with E-state index in [1.165, 1.54) is 24.0 Å². The van der Waals surface area contributed by atoms with Crippen LogP contribution in [-0.4, -0.2) is 28.7 Å². The highest BCUT2D eigenvalue weighted by atomic mass is 127. The molecule has 0 aromatic heterocycles. The quantitative estimate of drug-likeness (QED) is 0.560. The van der Waals surface area contributed by atoms with Crippen LogP contribution >= 0.6 is 22.6 Å². The molecule has 5 rings (SSSR count). The van der Waals surface area contributed by atoms with Crippen LogP contribution in [-0.2, 0) is 23.2 Å². The zero-order valence-corrected chi connectivity index (χ0v) is 18.6. The molecule has 1 heterocycles. The highest BCUT2D eigenvalue weighted by Gasteiger charge is 2.55. The number of amides is 1. The fraction of sp³-hybridized carbons (Fsp3) is 0.458. The Hall–Kier alpha value is -1.76. The average Bonchev–Trinajstić information content (AvgIpc) is 2.74. The molecule has 2 aromatic rings. The van der Waals surface area contributed by atoms with Crippen LogP contribution < -0.4 is 0 Å². The van der Waals surface area contributed by atoms with Gasteiger partial charge < -0.3 is 14.7 Å². The molecule has 3 atom stereocenters. The van der Waals surface area contributed by atoms with Gasteiger partial charge in [0.25, 0.3) is 0 Å². The SMILES string of the molecule is O=C(OCc1ccccc1)N1CC[C@@]23CCCC[C@@H]2[C@@H]1Cc1cc(I)c(O)cc13. The number of carbonyl (C=O) groups excluding carboxylic acids is 1. The fourth-order valence-electron chi connectivity index (χ4n) is 6.05. The second-order valence-electron chi connectivity index (χ2n) is 8.72. The van der Waals surface area contributed by atoms with Crippen LogP contribution in [0.5, 0.6) is 5.75 Å². The molecule has 2 aliphatic carbocycles. The van der Waals surface area contributed by atoms with Crippen molar-refractivity contribution in [3.05, 3.63) is 62.7 Å². The highest BCUT2D eigenvalue weighted by Crippen LogP contribution is 2.56. The van der Waals surface area contributed by atoms with Crippen molar-refractivity contribution >= 4 is 28.7 Å². The number of hydrogen-bond donors (Lipinski definition) is 1. The van der Waals surface area contributed by atoms with E-state index >= 15 is 0 Å². The number of phenolic OH excluding ortho intramolecular Hbond substituents is 1. The molecule has 2 fully saturated rings. The average molecular weight is 503 g/mol. The summed E-state index contributed by atoms with van der Waals surface area (Å²) < 4.78 is 6.60. The van der Waals surface area contributed by atoms with Crippen LogP contribution in [0.25, 0.3) is 0 Å². The molecule has 2 bridgehead atoms. The Morgan fingerprint density at radius 1 is 1.21 bits per heavy atom. The van der Waals surface area contributed by atoms with Gasteiger partial charge >= 0.3 is 6.09 Å². The van der Waals surface area contributed by atoms with Gasteiger partial charge in [-0.3, -0.25) is 0 Å². The minimum absolute atomic E-state index is 0.106. The number of hydrogen-bond acceptors (Lipinski definition) is 3. The summed E-state index contributed by atoms with van der Waals surface area (Å²) in [5.74, 6) is 0.854. The lowest BCUT2D eigenvalue weighted by Crippen LogP contribution is -2.62. The van der Waals surface area contributed by atoms with Crippen LogP contribution in [0.3, 0.4) is 0 Å². The number of carbonyl (C=O) groups is 1. The second kappa shape index (κ2) is 7.49. The van der Waals surface area contributed by atoms with Gasteiger partial charge in [0.05, 0.1) is 3.57 Å². The lowest BCUT2D eigenvalue weighted by atomic mass is 9.52. The van der Waals surface area contributed by atoms with E-state index in [0.29, 0.717) is 18.3 Å². The largest absolute Gasteiger partial charge is 0.507 e. The Balaban J connectivity index is 1.44.